The lowest BCUT2D eigenvalue weighted by Crippen LogP contribution is -2.54. The maximum absolute atomic E-state index is 16.6. The molecule has 0 saturated carbocycles. The Morgan fingerprint density at radius 3 is 2.67 bits per heavy atom. The van der Waals surface area contributed by atoms with Gasteiger partial charge in [-0.05, 0) is 68.2 Å². The average Bonchev–Trinajstić information content (AvgIpc) is 3.49. The summed E-state index contributed by atoms with van der Waals surface area (Å²) in [5, 5.41) is 18.8. The number of fused-ring (bicyclic) bond motifs is 2. The largest absolute Gasteiger partial charge is 0.366 e. The van der Waals surface area contributed by atoms with Crippen LogP contribution in [0.4, 0.5) is 10.1 Å². The van der Waals surface area contributed by atoms with E-state index in [-0.39, 0.29) is 45.2 Å². The number of aryl methyl sites for hydroxylation is 2. The predicted octanol–water partition coefficient (Wildman–Crippen LogP) is 6.56. The van der Waals surface area contributed by atoms with E-state index in [0.29, 0.717) is 47.5 Å². The zero-order valence-corrected chi connectivity index (χ0v) is 27.0. The second kappa shape index (κ2) is 11.7. The summed E-state index contributed by atoms with van der Waals surface area (Å²) in [4.78, 5) is 35.3. The third-order valence-electron chi connectivity index (χ3n) is 8.73. The second-order valence-corrected chi connectivity index (χ2v) is 12.5. The molecule has 1 saturated heterocycles. The van der Waals surface area contributed by atoms with E-state index in [1.807, 2.05) is 51.7 Å². The van der Waals surface area contributed by atoms with Crippen LogP contribution in [0, 0.1) is 31.0 Å². The van der Waals surface area contributed by atoms with Crippen LogP contribution in [0.3, 0.4) is 0 Å². The minimum absolute atomic E-state index is 0.0193. The fraction of sp³-hybridized carbons (Fsp3) is 0.286. The van der Waals surface area contributed by atoms with E-state index in [9.17, 15) is 14.9 Å². The molecule has 1 aliphatic rings. The molecule has 4 heterocycles. The van der Waals surface area contributed by atoms with E-state index in [2.05, 4.69) is 27.8 Å². The van der Waals surface area contributed by atoms with Crippen LogP contribution in [0.1, 0.15) is 49.1 Å². The number of aromatic nitrogens is 4. The van der Waals surface area contributed by atoms with Crippen molar-refractivity contribution < 1.29 is 9.18 Å². The summed E-state index contributed by atoms with van der Waals surface area (Å²) in [5.74, 6) is -0.906. The first-order chi connectivity index (χ1) is 22.0. The van der Waals surface area contributed by atoms with Crippen molar-refractivity contribution in [1.29, 1.82) is 5.26 Å². The minimum Gasteiger partial charge on any atom is -0.366 e. The molecular weight excluding hydrogens is 605 g/mol. The highest BCUT2D eigenvalue weighted by atomic mass is 35.5. The lowest BCUT2D eigenvalue weighted by atomic mass is 9.96. The molecule has 234 valence electrons. The summed E-state index contributed by atoms with van der Waals surface area (Å²) in [6.07, 6.45) is 4.61. The Balaban J connectivity index is 1.76. The summed E-state index contributed by atoms with van der Waals surface area (Å²) in [6, 6.07) is 8.79. The molecule has 5 aromatic rings. The number of H-pyrrole nitrogens is 1. The van der Waals surface area contributed by atoms with Crippen molar-refractivity contribution in [1.82, 2.24) is 24.6 Å². The Morgan fingerprint density at radius 1 is 1.24 bits per heavy atom. The molecule has 1 amide bonds. The lowest BCUT2D eigenvalue weighted by Gasteiger charge is -2.41. The molecule has 0 radical (unpaired) electrons. The van der Waals surface area contributed by atoms with Gasteiger partial charge in [0.25, 0.3) is 5.56 Å². The standard InChI is InChI=1S/C35H33ClFN7O2/c1-7-27(45)43-11-10-42(17-21(43)6)33-24-14-26(37)28(23-13-19(4)12-22-16-40-41-31(22)23)29(36)34(24)44(35(46)25(33)15-38)32-20(5)8-9-39-30(32)18(2)3/h7-9,12-14,16,18,21H,1,10-11,17H2,2-6H3,(H,40,41)/t21-/m1/s1. The molecule has 2 aromatic carbocycles. The van der Waals surface area contributed by atoms with Gasteiger partial charge in [-0.25, -0.2) is 4.39 Å². The smallest absolute Gasteiger partial charge is 0.275 e. The number of anilines is 1. The first kappa shape index (κ1) is 31.0. The summed E-state index contributed by atoms with van der Waals surface area (Å²) >= 11 is 7.31. The van der Waals surface area contributed by atoms with Crippen molar-refractivity contribution in [2.45, 2.75) is 46.6 Å². The van der Waals surface area contributed by atoms with Crippen molar-refractivity contribution >= 4 is 45.0 Å². The Hall–Kier alpha value is -5.01. The summed E-state index contributed by atoms with van der Waals surface area (Å²) in [5.41, 5.74) is 3.79. The monoisotopic (exact) mass is 637 g/mol. The number of rotatable bonds is 5. The van der Waals surface area contributed by atoms with Crippen LogP contribution in [-0.4, -0.2) is 56.2 Å². The van der Waals surface area contributed by atoms with Crippen LogP contribution in [0.2, 0.25) is 5.02 Å². The molecule has 0 unspecified atom stereocenters. The molecule has 0 spiro atoms. The number of benzene rings is 2. The summed E-state index contributed by atoms with van der Waals surface area (Å²) in [6.45, 7) is 14.2. The number of hydrogen-bond acceptors (Lipinski definition) is 6. The Morgan fingerprint density at radius 2 is 2.00 bits per heavy atom. The minimum atomic E-state index is -0.616. The van der Waals surface area contributed by atoms with Crippen LogP contribution >= 0.6 is 11.6 Å². The maximum atomic E-state index is 16.6. The van der Waals surface area contributed by atoms with Crippen molar-refractivity contribution in [3.63, 3.8) is 0 Å². The van der Waals surface area contributed by atoms with Crippen LogP contribution in [-0.2, 0) is 4.79 Å². The first-order valence-electron chi connectivity index (χ1n) is 15.1. The number of pyridine rings is 2. The highest BCUT2D eigenvalue weighted by Gasteiger charge is 2.33. The molecule has 0 aliphatic carbocycles. The molecule has 11 heteroatoms. The molecule has 1 atom stereocenters. The quantitative estimate of drug-likeness (QED) is 0.219. The number of nitriles is 1. The Bertz CT molecular complexity index is 2180. The molecule has 0 bridgehead atoms. The molecule has 3 aromatic heterocycles. The zero-order chi connectivity index (χ0) is 33.0. The normalized spacial score (nSPS) is 15.2. The van der Waals surface area contributed by atoms with E-state index in [4.69, 9.17) is 11.6 Å². The molecule has 46 heavy (non-hydrogen) atoms. The number of hydrogen-bond donors (Lipinski definition) is 1. The van der Waals surface area contributed by atoms with Crippen LogP contribution in [0.15, 0.2) is 54.1 Å². The third-order valence-corrected chi connectivity index (χ3v) is 9.09. The van der Waals surface area contributed by atoms with E-state index >= 15 is 4.39 Å². The fourth-order valence-electron chi connectivity index (χ4n) is 6.64. The van der Waals surface area contributed by atoms with Gasteiger partial charge in [0, 0.05) is 53.8 Å². The predicted molar refractivity (Wildman–Crippen MR) is 179 cm³/mol. The van der Waals surface area contributed by atoms with Crippen molar-refractivity contribution in [3.05, 3.63) is 92.9 Å². The van der Waals surface area contributed by atoms with E-state index in [1.165, 1.54) is 16.7 Å². The van der Waals surface area contributed by atoms with Gasteiger partial charge >= 0.3 is 0 Å². The van der Waals surface area contributed by atoms with Gasteiger partial charge in [-0.1, -0.05) is 32.0 Å². The van der Waals surface area contributed by atoms with E-state index in [0.717, 1.165) is 16.5 Å². The number of nitrogens with zero attached hydrogens (tertiary/aromatic N) is 6. The van der Waals surface area contributed by atoms with Gasteiger partial charge in [0.05, 0.1) is 39.3 Å². The van der Waals surface area contributed by atoms with Gasteiger partial charge in [-0.3, -0.25) is 24.2 Å². The van der Waals surface area contributed by atoms with Gasteiger partial charge in [0.2, 0.25) is 5.91 Å². The first-order valence-corrected chi connectivity index (χ1v) is 15.4. The Kier molecular flexibility index (Phi) is 7.90. The highest BCUT2D eigenvalue weighted by molar-refractivity contribution is 6.39. The number of carbonyl (C=O) groups excluding carboxylic acids is 1. The van der Waals surface area contributed by atoms with Gasteiger partial charge in [-0.15, -0.1) is 0 Å². The number of amides is 1. The number of halogens is 2. The molecule has 1 fully saturated rings. The van der Waals surface area contributed by atoms with Crippen molar-refractivity contribution in [3.8, 4) is 22.9 Å². The van der Waals surface area contributed by atoms with Crippen molar-refractivity contribution in [2.75, 3.05) is 24.5 Å². The fourth-order valence-corrected chi connectivity index (χ4v) is 7.02. The lowest BCUT2D eigenvalue weighted by molar-refractivity contribution is -0.128. The second-order valence-electron chi connectivity index (χ2n) is 12.1. The van der Waals surface area contributed by atoms with Gasteiger partial charge in [-0.2, -0.15) is 10.4 Å². The van der Waals surface area contributed by atoms with Crippen LogP contribution < -0.4 is 10.5 Å². The Labute approximate surface area is 270 Å². The maximum Gasteiger partial charge on any atom is 0.275 e. The van der Waals surface area contributed by atoms with Crippen LogP contribution in [0.25, 0.3) is 38.6 Å². The van der Waals surface area contributed by atoms with Crippen LogP contribution in [0.5, 0.6) is 0 Å². The summed E-state index contributed by atoms with van der Waals surface area (Å²) < 4.78 is 18.1. The summed E-state index contributed by atoms with van der Waals surface area (Å²) in [7, 11) is 0. The average molecular weight is 638 g/mol. The topological polar surface area (TPSA) is 111 Å². The number of aromatic amines is 1. The SMILES string of the molecule is C=CC(=O)N1CCN(c2c(C#N)c(=O)n(-c3c(C)ccnc3C(C)C)c3c(Cl)c(-c4cc(C)cc5cn[nH]c45)c(F)cc23)C[C@H]1C. The molecule has 1 N–H and O–H groups in total. The van der Waals surface area contributed by atoms with Gasteiger partial charge in [0.15, 0.2) is 0 Å². The third kappa shape index (κ3) is 4.83. The van der Waals surface area contributed by atoms with E-state index < -0.39 is 11.4 Å². The van der Waals surface area contributed by atoms with Gasteiger partial charge in [0.1, 0.15) is 17.4 Å². The molecule has 9 nitrogen and oxygen atoms in total. The molecule has 6 rings (SSSR count). The molecular formula is C35H33ClFN7O2. The number of carbonyl (C=O) groups is 1. The zero-order valence-electron chi connectivity index (χ0n) is 26.3. The molecule has 1 aliphatic heterocycles. The van der Waals surface area contributed by atoms with E-state index in [1.54, 1.807) is 23.4 Å². The highest BCUT2D eigenvalue weighted by Crippen LogP contribution is 2.44. The van der Waals surface area contributed by atoms with Crippen molar-refractivity contribution in [2.24, 2.45) is 0 Å². The van der Waals surface area contributed by atoms with Gasteiger partial charge < -0.3 is 9.80 Å². The number of piperazine rings is 1. The number of nitrogens with one attached hydrogen (secondary N) is 1.